The third-order valence-electron chi connectivity index (χ3n) is 6.89. The van der Waals surface area contributed by atoms with Crippen LogP contribution in [-0.2, 0) is 19.0 Å². The van der Waals surface area contributed by atoms with Gasteiger partial charge in [-0.3, -0.25) is 4.18 Å². The van der Waals surface area contributed by atoms with Gasteiger partial charge >= 0.3 is 5.97 Å². The predicted octanol–water partition coefficient (Wildman–Crippen LogP) is 7.48. The number of carbonyl (C=O) groups is 1. The first-order chi connectivity index (χ1) is 21.0. The number of unbranched alkanes of at least 4 members (excludes halogenated alkanes) is 3. The second kappa shape index (κ2) is 14.8. The highest BCUT2D eigenvalue weighted by Gasteiger charge is 2.15. The van der Waals surface area contributed by atoms with Gasteiger partial charge in [-0.15, -0.1) is 0 Å². The molecular formula is C34H38N2O7S. The molecule has 0 amide bonds. The molecule has 0 spiro atoms. The molecule has 0 heterocycles. The Kier molecular flexibility index (Phi) is 10.9. The molecule has 4 aromatic rings. The van der Waals surface area contributed by atoms with E-state index in [1.165, 1.54) is 12.1 Å². The van der Waals surface area contributed by atoms with Gasteiger partial charge < -0.3 is 25.7 Å². The minimum atomic E-state index is -3.77. The number of benzene rings is 4. The van der Waals surface area contributed by atoms with Crippen LogP contribution in [0.3, 0.4) is 0 Å². The first kappa shape index (κ1) is 32.4. The molecule has 0 aliphatic carbocycles. The summed E-state index contributed by atoms with van der Waals surface area (Å²) in [6, 6.07) is 22.1. The Morgan fingerprint density at radius 3 is 1.68 bits per heavy atom. The summed E-state index contributed by atoms with van der Waals surface area (Å²) < 4.78 is 47.3. The van der Waals surface area contributed by atoms with E-state index in [-0.39, 0.29) is 23.7 Å². The molecule has 0 fully saturated rings. The van der Waals surface area contributed by atoms with Crippen molar-refractivity contribution in [2.75, 3.05) is 24.7 Å². The maximum Gasteiger partial charge on any atom is 0.338 e. The van der Waals surface area contributed by atoms with E-state index >= 15 is 0 Å². The average molecular weight is 619 g/mol. The predicted molar refractivity (Wildman–Crippen MR) is 171 cm³/mol. The molecule has 0 saturated heterocycles. The van der Waals surface area contributed by atoms with Crippen molar-refractivity contribution in [2.24, 2.45) is 0 Å². The monoisotopic (exact) mass is 618 g/mol. The van der Waals surface area contributed by atoms with Gasteiger partial charge in [0.25, 0.3) is 10.1 Å². The Morgan fingerprint density at radius 2 is 1.16 bits per heavy atom. The van der Waals surface area contributed by atoms with Gasteiger partial charge in [-0.2, -0.15) is 8.42 Å². The summed E-state index contributed by atoms with van der Waals surface area (Å²) in [4.78, 5) is 13.1. The number of hydrogen-bond donors (Lipinski definition) is 2. The first-order valence-corrected chi connectivity index (χ1v) is 15.8. The van der Waals surface area contributed by atoms with E-state index in [4.69, 9.17) is 29.9 Å². The fraction of sp³-hybridized carbons (Fsp3) is 0.265. The lowest BCUT2D eigenvalue weighted by atomic mass is 10.1. The van der Waals surface area contributed by atoms with Crippen molar-refractivity contribution in [3.05, 3.63) is 101 Å². The molecule has 10 heteroatoms. The van der Waals surface area contributed by atoms with Crippen molar-refractivity contribution in [3.63, 3.8) is 0 Å². The van der Waals surface area contributed by atoms with Crippen LogP contribution in [-0.4, -0.2) is 27.6 Å². The molecule has 4 rings (SSSR count). The molecule has 232 valence electrons. The summed E-state index contributed by atoms with van der Waals surface area (Å²) >= 11 is 0. The van der Waals surface area contributed by atoms with Crippen LogP contribution in [0.1, 0.15) is 52.7 Å². The van der Waals surface area contributed by atoms with Crippen molar-refractivity contribution >= 4 is 27.5 Å². The minimum absolute atomic E-state index is 0.0899. The molecular weight excluding hydrogens is 580 g/mol. The summed E-state index contributed by atoms with van der Waals surface area (Å²) in [5.74, 6) is 1.40. The van der Waals surface area contributed by atoms with Gasteiger partial charge in [-0.25, -0.2) is 4.79 Å². The standard InChI is InChI=1S/C34H38N2O7S/c1-23-8-12-31(13-9-23)44(38,39)41-17-7-5-4-6-16-40-34(37)26-20-29(42-27-10-14-32(35)24(2)18-27)22-30(21-26)43-28-11-15-33(36)25(3)19-28/h8-15,18-22H,4-7,16-17,35-36H2,1-3H3. The molecule has 0 aliphatic rings. The highest BCUT2D eigenvalue weighted by molar-refractivity contribution is 7.86. The lowest BCUT2D eigenvalue weighted by Gasteiger charge is -2.13. The number of esters is 1. The molecule has 0 radical (unpaired) electrons. The molecule has 4 aromatic carbocycles. The van der Waals surface area contributed by atoms with Crippen LogP contribution in [0.4, 0.5) is 11.4 Å². The molecule has 0 bridgehead atoms. The van der Waals surface area contributed by atoms with E-state index in [0.717, 1.165) is 29.5 Å². The number of aryl methyl sites for hydroxylation is 3. The molecule has 0 aliphatic heterocycles. The summed E-state index contributed by atoms with van der Waals surface area (Å²) in [5, 5.41) is 0. The number of nitrogen functional groups attached to an aromatic ring is 2. The fourth-order valence-electron chi connectivity index (χ4n) is 4.25. The van der Waals surface area contributed by atoms with Crippen LogP contribution in [0.25, 0.3) is 0 Å². The van der Waals surface area contributed by atoms with Gasteiger partial charge in [0.2, 0.25) is 0 Å². The van der Waals surface area contributed by atoms with Crippen molar-refractivity contribution in [1.82, 2.24) is 0 Å². The van der Waals surface area contributed by atoms with Gasteiger partial charge in [-0.1, -0.05) is 24.1 Å². The van der Waals surface area contributed by atoms with E-state index in [2.05, 4.69) is 0 Å². The number of ether oxygens (including phenoxy) is 3. The van der Waals surface area contributed by atoms with Crippen molar-refractivity contribution in [2.45, 2.75) is 51.3 Å². The molecule has 0 saturated carbocycles. The third kappa shape index (κ3) is 9.23. The van der Waals surface area contributed by atoms with Gasteiger partial charge in [-0.05, 0) is 112 Å². The number of carbonyl (C=O) groups excluding carboxylic acids is 1. The van der Waals surface area contributed by atoms with E-state index in [1.807, 2.05) is 32.9 Å². The van der Waals surface area contributed by atoms with E-state index < -0.39 is 16.1 Å². The van der Waals surface area contributed by atoms with Gasteiger partial charge in [0.05, 0.1) is 23.7 Å². The molecule has 0 aromatic heterocycles. The van der Waals surface area contributed by atoms with Crippen molar-refractivity contribution in [3.8, 4) is 23.0 Å². The normalized spacial score (nSPS) is 11.2. The lowest BCUT2D eigenvalue weighted by molar-refractivity contribution is 0.0496. The SMILES string of the molecule is Cc1ccc(S(=O)(=O)OCCCCCCOC(=O)c2cc(Oc3ccc(N)c(C)c3)cc(Oc3ccc(N)c(C)c3)c2)cc1. The summed E-state index contributed by atoms with van der Waals surface area (Å²) in [7, 11) is -3.77. The highest BCUT2D eigenvalue weighted by Crippen LogP contribution is 2.32. The van der Waals surface area contributed by atoms with Gasteiger partial charge in [0.1, 0.15) is 23.0 Å². The van der Waals surface area contributed by atoms with Crippen LogP contribution in [0.5, 0.6) is 23.0 Å². The van der Waals surface area contributed by atoms with E-state index in [0.29, 0.717) is 47.2 Å². The average Bonchev–Trinajstić information content (AvgIpc) is 2.98. The number of hydrogen-bond acceptors (Lipinski definition) is 9. The Labute approximate surface area is 258 Å². The Balaban J connectivity index is 1.31. The molecule has 4 N–H and O–H groups in total. The lowest BCUT2D eigenvalue weighted by Crippen LogP contribution is -2.08. The summed E-state index contributed by atoms with van der Waals surface area (Å²) in [6.07, 6.45) is 2.65. The van der Waals surface area contributed by atoms with Crippen LogP contribution >= 0.6 is 0 Å². The van der Waals surface area contributed by atoms with Gasteiger partial charge in [0.15, 0.2) is 0 Å². The van der Waals surface area contributed by atoms with Crippen molar-refractivity contribution < 1.29 is 31.6 Å². The molecule has 0 atom stereocenters. The Bertz CT molecular complexity index is 1630. The highest BCUT2D eigenvalue weighted by atomic mass is 32.2. The molecule has 44 heavy (non-hydrogen) atoms. The van der Waals surface area contributed by atoms with Crippen molar-refractivity contribution in [1.29, 1.82) is 0 Å². The zero-order chi connectivity index (χ0) is 31.7. The maximum absolute atomic E-state index is 13.0. The smallest absolute Gasteiger partial charge is 0.338 e. The summed E-state index contributed by atoms with van der Waals surface area (Å²) in [6.45, 7) is 5.95. The topological polar surface area (TPSA) is 140 Å². The number of anilines is 2. The zero-order valence-electron chi connectivity index (χ0n) is 25.2. The number of nitrogens with two attached hydrogens (primary N) is 2. The van der Waals surface area contributed by atoms with Crippen LogP contribution in [0, 0.1) is 20.8 Å². The second-order valence-electron chi connectivity index (χ2n) is 10.6. The molecule has 9 nitrogen and oxygen atoms in total. The number of rotatable bonds is 14. The Morgan fingerprint density at radius 1 is 0.636 bits per heavy atom. The third-order valence-corrected chi connectivity index (χ3v) is 8.22. The quantitative estimate of drug-likeness (QED) is 0.0637. The first-order valence-electron chi connectivity index (χ1n) is 14.4. The van der Waals surface area contributed by atoms with Crippen LogP contribution in [0.2, 0.25) is 0 Å². The largest absolute Gasteiger partial charge is 0.462 e. The summed E-state index contributed by atoms with van der Waals surface area (Å²) in [5.41, 5.74) is 16.2. The van der Waals surface area contributed by atoms with Crippen LogP contribution in [0.15, 0.2) is 83.8 Å². The van der Waals surface area contributed by atoms with Crippen LogP contribution < -0.4 is 20.9 Å². The second-order valence-corrected chi connectivity index (χ2v) is 12.2. The minimum Gasteiger partial charge on any atom is -0.462 e. The maximum atomic E-state index is 13.0. The zero-order valence-corrected chi connectivity index (χ0v) is 26.0. The Hall–Kier alpha value is -4.54. The van der Waals surface area contributed by atoms with E-state index in [1.54, 1.807) is 54.6 Å². The molecule has 0 unspecified atom stereocenters. The van der Waals surface area contributed by atoms with Gasteiger partial charge in [0, 0.05) is 17.4 Å². The van der Waals surface area contributed by atoms with E-state index in [9.17, 15) is 13.2 Å². The fourth-order valence-corrected chi connectivity index (χ4v) is 5.19.